The highest BCUT2D eigenvalue weighted by atomic mass is 79.9. The first-order valence-corrected chi connectivity index (χ1v) is 9.46. The summed E-state index contributed by atoms with van der Waals surface area (Å²) in [5, 5.41) is 20.4. The number of benzene rings is 2. The van der Waals surface area contributed by atoms with Crippen molar-refractivity contribution in [3.8, 4) is 11.9 Å². The molecule has 0 aliphatic carbocycles. The molecule has 0 amide bonds. The normalized spacial score (nSPS) is 12.1. The quantitative estimate of drug-likeness (QED) is 0.594. The molecule has 5 nitrogen and oxygen atoms in total. The van der Waals surface area contributed by atoms with Crippen molar-refractivity contribution in [2.45, 2.75) is 19.9 Å². The lowest BCUT2D eigenvalue weighted by Crippen LogP contribution is -2.28. The lowest BCUT2D eigenvalue weighted by Gasteiger charge is -2.20. The largest absolute Gasteiger partial charge is 0.494 e. The number of rotatable bonds is 4. The van der Waals surface area contributed by atoms with Gasteiger partial charge in [0.25, 0.3) is 5.56 Å². The number of hydrogen-bond acceptors (Lipinski definition) is 4. The van der Waals surface area contributed by atoms with E-state index in [1.54, 1.807) is 6.92 Å². The fourth-order valence-electron chi connectivity index (χ4n) is 3.03. The third-order valence-corrected chi connectivity index (χ3v) is 5.11. The Morgan fingerprint density at radius 1 is 1.21 bits per heavy atom. The van der Waals surface area contributed by atoms with Crippen LogP contribution in [0.3, 0.4) is 0 Å². The Morgan fingerprint density at radius 2 is 1.93 bits per heavy atom. The maximum atomic E-state index is 12.9. The van der Waals surface area contributed by atoms with Gasteiger partial charge in [-0.3, -0.25) is 14.4 Å². The Hall–Kier alpha value is -3.17. The average Bonchev–Trinajstić information content (AvgIpc) is 2.69. The van der Waals surface area contributed by atoms with Gasteiger partial charge in [0.1, 0.15) is 11.6 Å². The Kier molecular flexibility index (Phi) is 5.76. The number of aliphatic imine (C=N–C) groups is 1. The molecule has 1 N–H and O–H groups in total. The van der Waals surface area contributed by atoms with E-state index in [4.69, 9.17) is 0 Å². The van der Waals surface area contributed by atoms with E-state index in [1.807, 2.05) is 67.6 Å². The fraction of sp³-hybridized carbons (Fsp3) is 0.136. The van der Waals surface area contributed by atoms with Gasteiger partial charge < -0.3 is 5.11 Å². The summed E-state index contributed by atoms with van der Waals surface area (Å²) in [6, 6.07) is 18.3. The second kappa shape index (κ2) is 8.24. The van der Waals surface area contributed by atoms with Crippen molar-refractivity contribution >= 4 is 27.8 Å². The molecule has 1 heterocycles. The van der Waals surface area contributed by atoms with Crippen molar-refractivity contribution in [1.29, 1.82) is 5.26 Å². The van der Waals surface area contributed by atoms with Gasteiger partial charge in [-0.05, 0) is 43.2 Å². The number of aromatic nitrogens is 1. The summed E-state index contributed by atoms with van der Waals surface area (Å²) in [6.07, 6.45) is 1.49. The zero-order valence-electron chi connectivity index (χ0n) is 15.4. The molecule has 0 aliphatic heterocycles. The van der Waals surface area contributed by atoms with Gasteiger partial charge in [0.15, 0.2) is 0 Å². The van der Waals surface area contributed by atoms with Crippen molar-refractivity contribution in [2.24, 2.45) is 4.99 Å². The SMILES string of the molecule is Cc1c(C=Nc2cccc(Br)c2)c(O)n(C(C)c2ccccc2)c(=O)c1C#N. The molecule has 3 rings (SSSR count). The van der Waals surface area contributed by atoms with Gasteiger partial charge in [-0.1, -0.05) is 52.3 Å². The summed E-state index contributed by atoms with van der Waals surface area (Å²) in [7, 11) is 0. The van der Waals surface area contributed by atoms with Gasteiger partial charge in [-0.25, -0.2) is 0 Å². The summed E-state index contributed by atoms with van der Waals surface area (Å²) in [4.78, 5) is 17.3. The first kappa shape index (κ1) is 19.6. The first-order valence-electron chi connectivity index (χ1n) is 8.66. The summed E-state index contributed by atoms with van der Waals surface area (Å²) in [5.41, 5.74) is 1.76. The molecule has 0 saturated heterocycles. The molecule has 6 heteroatoms. The van der Waals surface area contributed by atoms with E-state index in [0.717, 1.165) is 10.0 Å². The predicted octanol–water partition coefficient (Wildman–Crippen LogP) is 4.86. The number of pyridine rings is 1. The number of nitrogens with zero attached hydrogens (tertiary/aromatic N) is 3. The molecule has 0 fully saturated rings. The minimum atomic E-state index is -0.520. The second-order valence-electron chi connectivity index (χ2n) is 6.35. The van der Waals surface area contributed by atoms with Crippen LogP contribution in [0.1, 0.15) is 35.2 Å². The van der Waals surface area contributed by atoms with Crippen LogP contribution >= 0.6 is 15.9 Å². The molecule has 0 radical (unpaired) electrons. The highest BCUT2D eigenvalue weighted by Crippen LogP contribution is 2.27. The molecule has 1 unspecified atom stereocenters. The smallest absolute Gasteiger partial charge is 0.272 e. The Morgan fingerprint density at radius 3 is 2.57 bits per heavy atom. The third kappa shape index (κ3) is 3.75. The molecule has 0 aliphatic rings. The van der Waals surface area contributed by atoms with Crippen molar-refractivity contribution in [1.82, 2.24) is 4.57 Å². The van der Waals surface area contributed by atoms with Gasteiger partial charge >= 0.3 is 0 Å². The van der Waals surface area contributed by atoms with Crippen LogP contribution in [0.15, 0.2) is 68.9 Å². The number of halogens is 1. The molecule has 0 spiro atoms. The predicted molar refractivity (Wildman–Crippen MR) is 113 cm³/mol. The van der Waals surface area contributed by atoms with Crippen LogP contribution in [0.4, 0.5) is 5.69 Å². The molecule has 3 aromatic rings. The molecule has 1 atom stereocenters. The van der Waals surface area contributed by atoms with Crippen molar-refractivity contribution in [2.75, 3.05) is 0 Å². The zero-order chi connectivity index (χ0) is 20.3. The Bertz CT molecular complexity index is 1140. The molecule has 0 bridgehead atoms. The number of aromatic hydroxyl groups is 1. The van der Waals surface area contributed by atoms with Gasteiger partial charge in [-0.15, -0.1) is 0 Å². The van der Waals surface area contributed by atoms with Crippen LogP contribution in [0, 0.1) is 18.3 Å². The fourth-order valence-corrected chi connectivity index (χ4v) is 3.42. The van der Waals surface area contributed by atoms with E-state index in [1.165, 1.54) is 10.8 Å². The zero-order valence-corrected chi connectivity index (χ0v) is 17.0. The van der Waals surface area contributed by atoms with Crippen molar-refractivity contribution < 1.29 is 5.11 Å². The van der Waals surface area contributed by atoms with Crippen LogP contribution in [0.25, 0.3) is 0 Å². The summed E-state index contributed by atoms with van der Waals surface area (Å²) in [6.45, 7) is 3.45. The minimum Gasteiger partial charge on any atom is -0.494 e. The molecular weight excluding hydrogens is 418 g/mol. The highest BCUT2D eigenvalue weighted by molar-refractivity contribution is 9.10. The van der Waals surface area contributed by atoms with Gasteiger partial charge in [0, 0.05) is 10.7 Å². The molecule has 2 aromatic carbocycles. The second-order valence-corrected chi connectivity index (χ2v) is 7.26. The number of hydrogen-bond donors (Lipinski definition) is 1. The molecule has 0 saturated carbocycles. The Labute approximate surface area is 171 Å². The van der Waals surface area contributed by atoms with Gasteiger partial charge in [0.2, 0.25) is 5.88 Å². The van der Waals surface area contributed by atoms with E-state index in [2.05, 4.69) is 20.9 Å². The molecule has 28 heavy (non-hydrogen) atoms. The van der Waals surface area contributed by atoms with Crippen molar-refractivity contribution in [3.63, 3.8) is 0 Å². The maximum Gasteiger partial charge on any atom is 0.272 e. The molecule has 140 valence electrons. The van der Waals surface area contributed by atoms with E-state index in [-0.39, 0.29) is 11.4 Å². The van der Waals surface area contributed by atoms with E-state index in [9.17, 15) is 15.2 Å². The third-order valence-electron chi connectivity index (χ3n) is 4.61. The highest BCUT2D eigenvalue weighted by Gasteiger charge is 2.22. The Balaban J connectivity index is 2.18. The van der Waals surface area contributed by atoms with E-state index < -0.39 is 11.6 Å². The van der Waals surface area contributed by atoms with E-state index >= 15 is 0 Å². The molecular formula is C22H18BrN3O2. The number of nitriles is 1. The maximum absolute atomic E-state index is 12.9. The van der Waals surface area contributed by atoms with Crippen LogP contribution in [-0.2, 0) is 0 Å². The van der Waals surface area contributed by atoms with E-state index in [0.29, 0.717) is 16.8 Å². The summed E-state index contributed by atoms with van der Waals surface area (Å²) in [5.74, 6) is -0.211. The van der Waals surface area contributed by atoms with Crippen molar-refractivity contribution in [3.05, 3.63) is 91.7 Å². The summed E-state index contributed by atoms with van der Waals surface area (Å²) >= 11 is 3.39. The van der Waals surface area contributed by atoms with Crippen LogP contribution < -0.4 is 5.56 Å². The van der Waals surface area contributed by atoms with Gasteiger partial charge in [-0.2, -0.15) is 5.26 Å². The van der Waals surface area contributed by atoms with Crippen LogP contribution in [0.5, 0.6) is 5.88 Å². The monoisotopic (exact) mass is 435 g/mol. The van der Waals surface area contributed by atoms with Crippen LogP contribution in [-0.4, -0.2) is 15.9 Å². The topological polar surface area (TPSA) is 78.4 Å². The lowest BCUT2D eigenvalue weighted by atomic mass is 10.0. The van der Waals surface area contributed by atoms with Gasteiger partial charge in [0.05, 0.1) is 17.3 Å². The lowest BCUT2D eigenvalue weighted by molar-refractivity contribution is 0.393. The molecule has 1 aromatic heterocycles. The first-order chi connectivity index (χ1) is 13.4. The van der Waals surface area contributed by atoms with Crippen LogP contribution in [0.2, 0.25) is 0 Å². The minimum absolute atomic E-state index is 0.00345. The summed E-state index contributed by atoms with van der Waals surface area (Å²) < 4.78 is 2.12. The standard InChI is InChI=1S/C22H18BrN3O2/c1-14-19(12-24)21(27)26(15(2)16-7-4-3-5-8-16)22(28)20(14)13-25-18-10-6-9-17(23)11-18/h3-11,13,15,28H,1-2H3. The average molecular weight is 436 g/mol.